The number of nitrogens with one attached hydrogen (secondary N) is 1. The molecule has 1 aliphatic heterocycles. The van der Waals surface area contributed by atoms with Crippen molar-refractivity contribution in [3.63, 3.8) is 0 Å². The van der Waals surface area contributed by atoms with E-state index in [1.807, 2.05) is 0 Å². The topological polar surface area (TPSA) is 108 Å². The van der Waals surface area contributed by atoms with E-state index in [9.17, 15) is 18.0 Å². The van der Waals surface area contributed by atoms with Gasteiger partial charge in [0.25, 0.3) is 10.0 Å². The Bertz CT molecular complexity index is 997. The molecule has 1 heterocycles. The van der Waals surface area contributed by atoms with Crippen LogP contribution in [0.2, 0.25) is 0 Å². The van der Waals surface area contributed by atoms with E-state index in [0.717, 1.165) is 0 Å². The summed E-state index contributed by atoms with van der Waals surface area (Å²) in [5.41, 5.74) is 0.482. The lowest BCUT2D eigenvalue weighted by Crippen LogP contribution is -2.15. The number of sulfonamides is 1. The molecule has 0 fully saturated rings. The maximum absolute atomic E-state index is 12.7. The van der Waals surface area contributed by atoms with E-state index in [4.69, 9.17) is 14.2 Å². The first-order valence-corrected chi connectivity index (χ1v) is 9.54. The number of carbonyl (C=O) groups excluding carboxylic acids is 2. The predicted molar refractivity (Wildman–Crippen MR) is 95.8 cm³/mol. The summed E-state index contributed by atoms with van der Waals surface area (Å²) < 4.78 is 43.1. The van der Waals surface area contributed by atoms with Gasteiger partial charge >= 0.3 is 5.97 Å². The number of anilines is 1. The van der Waals surface area contributed by atoms with Crippen LogP contribution in [0.5, 0.6) is 11.5 Å². The highest BCUT2D eigenvalue weighted by Crippen LogP contribution is 2.38. The Morgan fingerprint density at radius 3 is 2.33 bits per heavy atom. The third-order valence-electron chi connectivity index (χ3n) is 3.81. The first-order chi connectivity index (χ1) is 12.8. The van der Waals surface area contributed by atoms with E-state index in [1.54, 1.807) is 6.92 Å². The fraction of sp³-hybridized carbons (Fsp3) is 0.222. The number of hydrogen-bond acceptors (Lipinski definition) is 7. The number of hydrogen-bond donors (Lipinski definition) is 1. The summed E-state index contributed by atoms with van der Waals surface area (Å²) in [5, 5.41) is 0. The maximum atomic E-state index is 12.7. The largest absolute Gasteiger partial charge is 0.462 e. The number of ketones is 1. The van der Waals surface area contributed by atoms with Gasteiger partial charge in [-0.2, -0.15) is 0 Å². The van der Waals surface area contributed by atoms with Gasteiger partial charge in [-0.3, -0.25) is 9.52 Å². The predicted octanol–water partition coefficient (Wildman–Crippen LogP) is 2.60. The molecule has 1 N–H and O–H groups in total. The van der Waals surface area contributed by atoms with Gasteiger partial charge in [-0.05, 0) is 44.2 Å². The average Bonchev–Trinajstić information content (AvgIpc) is 3.08. The molecule has 2 aromatic carbocycles. The molecule has 0 aromatic heterocycles. The lowest BCUT2D eigenvalue weighted by atomic mass is 10.1. The monoisotopic (exact) mass is 391 g/mol. The van der Waals surface area contributed by atoms with Gasteiger partial charge in [-0.15, -0.1) is 0 Å². The first kappa shape index (κ1) is 18.7. The summed E-state index contributed by atoms with van der Waals surface area (Å²) in [6, 6.07) is 8.14. The van der Waals surface area contributed by atoms with Crippen molar-refractivity contribution in [1.82, 2.24) is 0 Å². The molecule has 0 radical (unpaired) electrons. The Hall–Kier alpha value is -3.07. The molecule has 2 aromatic rings. The van der Waals surface area contributed by atoms with Crippen LogP contribution in [0.1, 0.15) is 34.6 Å². The molecule has 0 aliphatic carbocycles. The smallest absolute Gasteiger partial charge is 0.338 e. The van der Waals surface area contributed by atoms with Gasteiger partial charge in [0, 0.05) is 11.6 Å². The summed E-state index contributed by atoms with van der Waals surface area (Å²) in [5.74, 6) is -0.148. The van der Waals surface area contributed by atoms with Crippen LogP contribution < -0.4 is 14.2 Å². The molecule has 0 unspecified atom stereocenters. The molecule has 3 rings (SSSR count). The Morgan fingerprint density at radius 2 is 1.74 bits per heavy atom. The van der Waals surface area contributed by atoms with Crippen LogP contribution in [0.3, 0.4) is 0 Å². The fourth-order valence-electron chi connectivity index (χ4n) is 2.51. The second kappa shape index (κ2) is 7.28. The third-order valence-corrected chi connectivity index (χ3v) is 5.19. The Balaban J connectivity index is 1.91. The summed E-state index contributed by atoms with van der Waals surface area (Å²) in [6.45, 7) is 3.22. The van der Waals surface area contributed by atoms with E-state index >= 15 is 0 Å². The highest BCUT2D eigenvalue weighted by Gasteiger charge is 2.23. The summed E-state index contributed by atoms with van der Waals surface area (Å²) in [4.78, 5) is 23.5. The number of esters is 1. The molecule has 0 bridgehead atoms. The molecular weight excluding hydrogens is 374 g/mol. The molecule has 9 heteroatoms. The summed E-state index contributed by atoms with van der Waals surface area (Å²) in [6.07, 6.45) is 0. The molecular formula is C18H17NO7S. The molecule has 0 atom stereocenters. The zero-order valence-electron chi connectivity index (χ0n) is 14.6. The van der Waals surface area contributed by atoms with Crippen molar-refractivity contribution >= 4 is 27.5 Å². The fourth-order valence-corrected chi connectivity index (χ4v) is 3.58. The van der Waals surface area contributed by atoms with Gasteiger partial charge in [0.05, 0.1) is 22.8 Å². The van der Waals surface area contributed by atoms with E-state index in [2.05, 4.69) is 4.72 Å². The number of benzene rings is 2. The molecule has 0 amide bonds. The van der Waals surface area contributed by atoms with Gasteiger partial charge in [0.1, 0.15) is 0 Å². The molecule has 142 valence electrons. The van der Waals surface area contributed by atoms with Crippen molar-refractivity contribution in [3.05, 3.63) is 47.5 Å². The van der Waals surface area contributed by atoms with Crippen molar-refractivity contribution in [3.8, 4) is 11.5 Å². The second-order valence-electron chi connectivity index (χ2n) is 5.66. The van der Waals surface area contributed by atoms with Crippen LogP contribution in [0, 0.1) is 0 Å². The standard InChI is InChI=1S/C18H17NO7S/c1-3-24-18(21)12-4-6-13(7-5-12)27(22,23)19-15-9-17-16(25-10-26-17)8-14(15)11(2)20/h4-9,19H,3,10H2,1-2H3. The van der Waals surface area contributed by atoms with E-state index < -0.39 is 16.0 Å². The van der Waals surface area contributed by atoms with Crippen molar-refractivity contribution in [2.75, 3.05) is 18.1 Å². The highest BCUT2D eigenvalue weighted by atomic mass is 32.2. The van der Waals surface area contributed by atoms with Crippen molar-refractivity contribution in [2.45, 2.75) is 18.7 Å². The minimum atomic E-state index is -3.99. The zero-order chi connectivity index (χ0) is 19.6. The SMILES string of the molecule is CCOC(=O)c1ccc(S(=O)(=O)Nc2cc3c(cc2C(C)=O)OCO3)cc1. The second-order valence-corrected chi connectivity index (χ2v) is 7.34. The minimum absolute atomic E-state index is 0.00178. The Kier molecular flexibility index (Phi) is 5.04. The summed E-state index contributed by atoms with van der Waals surface area (Å²) >= 11 is 0. The van der Waals surface area contributed by atoms with Crippen LogP contribution in [-0.4, -0.2) is 33.6 Å². The van der Waals surface area contributed by atoms with Gasteiger partial charge in [-0.25, -0.2) is 13.2 Å². The number of carbonyl (C=O) groups is 2. The highest BCUT2D eigenvalue weighted by molar-refractivity contribution is 7.92. The number of fused-ring (bicyclic) bond motifs is 1. The van der Waals surface area contributed by atoms with Gasteiger partial charge < -0.3 is 14.2 Å². The molecule has 0 spiro atoms. The molecule has 8 nitrogen and oxygen atoms in total. The van der Waals surface area contributed by atoms with Gasteiger partial charge in [0.2, 0.25) is 6.79 Å². The molecule has 0 saturated carbocycles. The summed E-state index contributed by atoms with van der Waals surface area (Å²) in [7, 11) is -3.99. The van der Waals surface area contributed by atoms with Crippen LogP contribution in [0.25, 0.3) is 0 Å². The van der Waals surface area contributed by atoms with Crippen molar-refractivity contribution < 1.29 is 32.2 Å². The van der Waals surface area contributed by atoms with E-state index in [-0.39, 0.29) is 40.9 Å². The van der Waals surface area contributed by atoms with Crippen LogP contribution in [-0.2, 0) is 14.8 Å². The van der Waals surface area contributed by atoms with E-state index in [1.165, 1.54) is 43.3 Å². The van der Waals surface area contributed by atoms with Crippen molar-refractivity contribution in [2.24, 2.45) is 0 Å². The van der Waals surface area contributed by atoms with Gasteiger partial charge in [-0.1, -0.05) is 0 Å². The lowest BCUT2D eigenvalue weighted by molar-refractivity contribution is 0.0526. The average molecular weight is 391 g/mol. The van der Waals surface area contributed by atoms with Crippen molar-refractivity contribution in [1.29, 1.82) is 0 Å². The first-order valence-electron chi connectivity index (χ1n) is 8.06. The Labute approximate surface area is 156 Å². The minimum Gasteiger partial charge on any atom is -0.462 e. The van der Waals surface area contributed by atoms with E-state index in [0.29, 0.717) is 11.5 Å². The van der Waals surface area contributed by atoms with Gasteiger partial charge in [0.15, 0.2) is 17.3 Å². The number of Topliss-reactive ketones (excluding diaryl/α,β-unsaturated/α-hetero) is 1. The number of rotatable bonds is 6. The Morgan fingerprint density at radius 1 is 1.11 bits per heavy atom. The quantitative estimate of drug-likeness (QED) is 0.595. The molecule has 1 aliphatic rings. The maximum Gasteiger partial charge on any atom is 0.338 e. The molecule has 27 heavy (non-hydrogen) atoms. The third kappa shape index (κ3) is 3.87. The van der Waals surface area contributed by atoms with Crippen LogP contribution in [0.4, 0.5) is 5.69 Å². The lowest BCUT2D eigenvalue weighted by Gasteiger charge is -2.12. The zero-order valence-corrected chi connectivity index (χ0v) is 15.5. The normalized spacial score (nSPS) is 12.5. The van der Waals surface area contributed by atoms with Crippen LogP contribution in [0.15, 0.2) is 41.3 Å². The van der Waals surface area contributed by atoms with Crippen LogP contribution >= 0.6 is 0 Å². The molecule has 0 saturated heterocycles. The number of ether oxygens (including phenoxy) is 3.